The van der Waals surface area contributed by atoms with E-state index in [1.165, 1.54) is 0 Å². The van der Waals surface area contributed by atoms with Gasteiger partial charge in [-0.25, -0.2) is 9.78 Å². The average molecular weight is 438 g/mol. The Bertz CT molecular complexity index is 909. The topological polar surface area (TPSA) is 112 Å². The lowest BCUT2D eigenvalue weighted by atomic mass is 10.0. The van der Waals surface area contributed by atoms with Crippen LogP contribution in [-0.4, -0.2) is 65.8 Å². The molecule has 9 nitrogen and oxygen atoms in total. The quantitative estimate of drug-likeness (QED) is 0.573. The first-order valence-corrected chi connectivity index (χ1v) is 10.4. The summed E-state index contributed by atoms with van der Waals surface area (Å²) >= 11 is 6.04. The molecule has 164 valence electrons. The molecule has 3 heterocycles. The van der Waals surface area contributed by atoms with E-state index in [1.807, 2.05) is 19.9 Å². The Morgan fingerprint density at radius 2 is 2.13 bits per heavy atom. The third-order valence-electron chi connectivity index (χ3n) is 5.30. The summed E-state index contributed by atoms with van der Waals surface area (Å²) in [6.45, 7) is 7.15. The van der Waals surface area contributed by atoms with Gasteiger partial charge in [0.2, 0.25) is 0 Å². The van der Waals surface area contributed by atoms with Gasteiger partial charge in [0.15, 0.2) is 11.0 Å². The number of piperidine rings is 1. The first-order chi connectivity index (χ1) is 14.4. The van der Waals surface area contributed by atoms with E-state index in [2.05, 4.69) is 25.2 Å². The number of amides is 1. The molecule has 2 aromatic heterocycles. The Morgan fingerprint density at radius 1 is 1.37 bits per heavy atom. The molecule has 3 rings (SSSR count). The summed E-state index contributed by atoms with van der Waals surface area (Å²) < 4.78 is 10.7. The standard InChI is InChI=1S/C20H28ClN5O4/c1-5-12-17(21)25-18(22-12)19(27)23-13-7-8-26(10-14(13)29-4)15-9-11(3)16(24-15)20(28)30-6-2/h9,13-14,24H,5-8,10H2,1-4H3,(H,22,25)(H,23,27). The van der Waals surface area contributed by atoms with Gasteiger partial charge in [-0.05, 0) is 38.3 Å². The van der Waals surface area contributed by atoms with Crippen LogP contribution in [0.2, 0.25) is 5.15 Å². The number of methoxy groups -OCH3 is 1. The zero-order valence-electron chi connectivity index (χ0n) is 17.7. The molecule has 0 aromatic carbocycles. The van der Waals surface area contributed by atoms with Crippen LogP contribution in [-0.2, 0) is 15.9 Å². The molecule has 1 saturated heterocycles. The number of hydrogen-bond acceptors (Lipinski definition) is 6. The molecule has 3 N–H and O–H groups in total. The molecule has 10 heteroatoms. The van der Waals surface area contributed by atoms with E-state index < -0.39 is 0 Å². The smallest absolute Gasteiger partial charge is 0.355 e. The number of rotatable bonds is 7. The second-order valence-corrected chi connectivity index (χ2v) is 7.59. The summed E-state index contributed by atoms with van der Waals surface area (Å²) in [4.78, 5) is 37.0. The fourth-order valence-corrected chi connectivity index (χ4v) is 3.90. The number of H-pyrrole nitrogens is 2. The number of anilines is 1. The zero-order chi connectivity index (χ0) is 21.8. The highest BCUT2D eigenvalue weighted by molar-refractivity contribution is 6.30. The summed E-state index contributed by atoms with van der Waals surface area (Å²) in [5.74, 6) is 0.355. The van der Waals surface area contributed by atoms with Gasteiger partial charge in [-0.3, -0.25) is 4.79 Å². The summed E-state index contributed by atoms with van der Waals surface area (Å²) in [5.41, 5.74) is 2.02. The Labute approximate surface area is 180 Å². The minimum Gasteiger partial charge on any atom is -0.461 e. The lowest BCUT2D eigenvalue weighted by Crippen LogP contribution is -2.55. The molecule has 0 bridgehead atoms. The molecular formula is C20H28ClN5O4. The second kappa shape index (κ2) is 9.53. The fourth-order valence-electron chi connectivity index (χ4n) is 3.63. The van der Waals surface area contributed by atoms with Crippen LogP contribution in [0.15, 0.2) is 6.07 Å². The molecule has 2 atom stereocenters. The van der Waals surface area contributed by atoms with E-state index >= 15 is 0 Å². The van der Waals surface area contributed by atoms with Crippen LogP contribution >= 0.6 is 11.6 Å². The summed E-state index contributed by atoms with van der Waals surface area (Å²) in [6.07, 6.45) is 1.11. The molecule has 1 amide bonds. The summed E-state index contributed by atoms with van der Waals surface area (Å²) in [6, 6.07) is 1.75. The molecule has 0 spiro atoms. The predicted octanol–water partition coefficient (Wildman–Crippen LogP) is 2.46. The number of ether oxygens (including phenoxy) is 2. The zero-order valence-corrected chi connectivity index (χ0v) is 18.4. The Morgan fingerprint density at radius 3 is 2.77 bits per heavy atom. The first-order valence-electron chi connectivity index (χ1n) is 10.1. The summed E-state index contributed by atoms with van der Waals surface area (Å²) in [5, 5.41) is 3.32. The monoisotopic (exact) mass is 437 g/mol. The first kappa shape index (κ1) is 22.2. The van der Waals surface area contributed by atoms with E-state index in [1.54, 1.807) is 14.0 Å². The van der Waals surface area contributed by atoms with Crippen molar-refractivity contribution < 1.29 is 19.1 Å². The van der Waals surface area contributed by atoms with E-state index in [9.17, 15) is 9.59 Å². The number of carbonyl (C=O) groups excluding carboxylic acids is 2. The number of aromatic amines is 2. The van der Waals surface area contributed by atoms with Crippen molar-refractivity contribution in [1.82, 2.24) is 20.3 Å². The van der Waals surface area contributed by atoms with Crippen molar-refractivity contribution >= 4 is 29.3 Å². The molecule has 30 heavy (non-hydrogen) atoms. The van der Waals surface area contributed by atoms with Gasteiger partial charge >= 0.3 is 5.97 Å². The number of esters is 1. The highest BCUT2D eigenvalue weighted by atomic mass is 35.5. The minimum atomic E-state index is -0.366. The average Bonchev–Trinajstić information content (AvgIpc) is 3.31. The van der Waals surface area contributed by atoms with Gasteiger partial charge in [0.05, 0.1) is 24.4 Å². The van der Waals surface area contributed by atoms with Gasteiger partial charge in [0.1, 0.15) is 11.5 Å². The number of carbonyl (C=O) groups is 2. The molecule has 0 aliphatic carbocycles. The maximum atomic E-state index is 12.6. The van der Waals surface area contributed by atoms with E-state index in [0.29, 0.717) is 43.4 Å². The number of aromatic nitrogens is 3. The largest absolute Gasteiger partial charge is 0.461 e. The van der Waals surface area contributed by atoms with Gasteiger partial charge in [-0.15, -0.1) is 0 Å². The molecule has 1 fully saturated rings. The number of nitrogens with zero attached hydrogens (tertiary/aromatic N) is 2. The van der Waals surface area contributed by atoms with E-state index in [4.69, 9.17) is 21.1 Å². The van der Waals surface area contributed by atoms with Crippen LogP contribution in [0.5, 0.6) is 0 Å². The number of hydrogen-bond donors (Lipinski definition) is 3. The van der Waals surface area contributed by atoms with Crippen LogP contribution in [0, 0.1) is 6.92 Å². The molecule has 0 saturated carbocycles. The van der Waals surface area contributed by atoms with Gasteiger partial charge in [-0.1, -0.05) is 18.5 Å². The van der Waals surface area contributed by atoms with Crippen LogP contribution < -0.4 is 10.2 Å². The molecule has 2 unspecified atom stereocenters. The van der Waals surface area contributed by atoms with Crippen molar-refractivity contribution in [2.75, 3.05) is 31.7 Å². The van der Waals surface area contributed by atoms with Crippen molar-refractivity contribution in [1.29, 1.82) is 0 Å². The molecule has 1 aliphatic rings. The maximum Gasteiger partial charge on any atom is 0.355 e. The minimum absolute atomic E-state index is 0.173. The van der Waals surface area contributed by atoms with Gasteiger partial charge in [0, 0.05) is 20.2 Å². The fraction of sp³-hybridized carbons (Fsp3) is 0.550. The summed E-state index contributed by atoms with van der Waals surface area (Å²) in [7, 11) is 1.62. The van der Waals surface area contributed by atoms with Crippen molar-refractivity contribution in [2.45, 2.75) is 45.8 Å². The van der Waals surface area contributed by atoms with Crippen molar-refractivity contribution in [2.24, 2.45) is 0 Å². The van der Waals surface area contributed by atoms with Crippen LogP contribution in [0.4, 0.5) is 5.82 Å². The van der Waals surface area contributed by atoms with Crippen LogP contribution in [0.1, 0.15) is 52.6 Å². The van der Waals surface area contributed by atoms with Crippen LogP contribution in [0.25, 0.3) is 0 Å². The van der Waals surface area contributed by atoms with Crippen LogP contribution in [0.3, 0.4) is 0 Å². The lowest BCUT2D eigenvalue weighted by Gasteiger charge is -2.38. The highest BCUT2D eigenvalue weighted by Crippen LogP contribution is 2.24. The number of aryl methyl sites for hydroxylation is 2. The van der Waals surface area contributed by atoms with E-state index in [-0.39, 0.29) is 29.8 Å². The molecule has 2 aromatic rings. The van der Waals surface area contributed by atoms with Crippen molar-refractivity contribution in [3.8, 4) is 0 Å². The third-order valence-corrected chi connectivity index (χ3v) is 5.61. The predicted molar refractivity (Wildman–Crippen MR) is 113 cm³/mol. The SMILES string of the molecule is CCOC(=O)c1[nH]c(N2CCC(NC(=O)c3nc(Cl)c(CC)[nH]3)C(OC)C2)cc1C. The van der Waals surface area contributed by atoms with Crippen molar-refractivity contribution in [3.63, 3.8) is 0 Å². The van der Waals surface area contributed by atoms with Crippen molar-refractivity contribution in [3.05, 3.63) is 34.0 Å². The molecular weight excluding hydrogens is 410 g/mol. The number of nitrogens with one attached hydrogen (secondary N) is 3. The lowest BCUT2D eigenvalue weighted by molar-refractivity contribution is 0.0516. The maximum absolute atomic E-state index is 12.6. The van der Waals surface area contributed by atoms with E-state index in [0.717, 1.165) is 17.1 Å². The van der Waals surface area contributed by atoms with Gasteiger partial charge < -0.3 is 29.7 Å². The van der Waals surface area contributed by atoms with Gasteiger partial charge in [0.25, 0.3) is 5.91 Å². The number of imidazole rings is 1. The molecule has 0 radical (unpaired) electrons. The Balaban J connectivity index is 1.67. The molecule has 1 aliphatic heterocycles. The highest BCUT2D eigenvalue weighted by Gasteiger charge is 2.32. The normalized spacial score (nSPS) is 19.0. The Kier molecular flexibility index (Phi) is 7.04. The third kappa shape index (κ3) is 4.62. The Hall–Kier alpha value is -2.52. The number of halogens is 1. The second-order valence-electron chi connectivity index (χ2n) is 7.23. The van der Waals surface area contributed by atoms with Gasteiger partial charge in [-0.2, -0.15) is 0 Å².